The van der Waals surface area contributed by atoms with Crippen molar-refractivity contribution in [3.8, 4) is 0 Å². The quantitative estimate of drug-likeness (QED) is 0.633. The maximum atomic E-state index is 12.6. The van der Waals surface area contributed by atoms with E-state index in [9.17, 15) is 14.4 Å². The van der Waals surface area contributed by atoms with Crippen LogP contribution < -0.4 is 5.32 Å². The monoisotopic (exact) mass is 379 g/mol. The number of piperidine rings is 1. The fourth-order valence-corrected chi connectivity index (χ4v) is 4.26. The summed E-state index contributed by atoms with van der Waals surface area (Å²) in [7, 11) is 0. The molecule has 7 nitrogen and oxygen atoms in total. The Hall–Kier alpha value is -1.63. The Morgan fingerprint density at radius 3 is 2.56 bits per heavy atom. The number of carboxylic acids is 1. The average molecular weight is 380 g/mol. The highest BCUT2D eigenvalue weighted by atomic mass is 16.4. The molecule has 1 heterocycles. The van der Waals surface area contributed by atoms with E-state index in [0.717, 1.165) is 45.2 Å². The van der Waals surface area contributed by atoms with Crippen molar-refractivity contribution in [3.63, 3.8) is 0 Å². The Balaban J connectivity index is 1.42. The number of carbonyl (C=O) groups is 3. The van der Waals surface area contributed by atoms with Gasteiger partial charge >= 0.3 is 5.97 Å². The molecule has 3 aliphatic rings. The third-order valence-electron chi connectivity index (χ3n) is 6.11. The summed E-state index contributed by atoms with van der Waals surface area (Å²) >= 11 is 0. The molecule has 152 valence electrons. The smallest absolute Gasteiger partial charge is 0.317 e. The van der Waals surface area contributed by atoms with Gasteiger partial charge in [-0.2, -0.15) is 0 Å². The molecule has 0 aromatic heterocycles. The predicted molar refractivity (Wildman–Crippen MR) is 101 cm³/mol. The van der Waals surface area contributed by atoms with Gasteiger partial charge in [0.05, 0.1) is 12.5 Å². The number of hydrogen-bond donors (Lipinski definition) is 2. The number of hydrogen-bond acceptors (Lipinski definition) is 4. The lowest BCUT2D eigenvalue weighted by molar-refractivity contribution is -0.141. The van der Waals surface area contributed by atoms with E-state index < -0.39 is 5.97 Å². The van der Waals surface area contributed by atoms with Gasteiger partial charge in [0.2, 0.25) is 11.8 Å². The first-order valence-corrected chi connectivity index (χ1v) is 10.5. The van der Waals surface area contributed by atoms with Crippen LogP contribution in [0.2, 0.25) is 0 Å². The van der Waals surface area contributed by atoms with Crippen LogP contribution in [0.4, 0.5) is 0 Å². The van der Waals surface area contributed by atoms with Crippen molar-refractivity contribution in [2.45, 2.75) is 70.4 Å². The van der Waals surface area contributed by atoms with Gasteiger partial charge in [-0.3, -0.25) is 19.3 Å². The minimum atomic E-state index is -0.776. The fourth-order valence-electron chi connectivity index (χ4n) is 4.26. The Labute approximate surface area is 161 Å². The van der Waals surface area contributed by atoms with E-state index in [1.54, 1.807) is 0 Å². The lowest BCUT2D eigenvalue weighted by Crippen LogP contribution is -2.57. The van der Waals surface area contributed by atoms with E-state index in [1.165, 1.54) is 12.8 Å². The zero-order valence-electron chi connectivity index (χ0n) is 16.4. The highest BCUT2D eigenvalue weighted by molar-refractivity contribution is 5.81. The molecule has 0 bridgehead atoms. The number of likely N-dealkylation sites (tertiary alicyclic amines) is 1. The van der Waals surface area contributed by atoms with E-state index >= 15 is 0 Å². The average Bonchev–Trinajstić information content (AvgIpc) is 3.41. The van der Waals surface area contributed by atoms with Crippen LogP contribution in [0.15, 0.2) is 0 Å². The first-order valence-electron chi connectivity index (χ1n) is 10.5. The summed E-state index contributed by atoms with van der Waals surface area (Å²) in [6.07, 6.45) is 7.19. The van der Waals surface area contributed by atoms with Crippen molar-refractivity contribution in [1.82, 2.24) is 15.1 Å². The van der Waals surface area contributed by atoms with Crippen LogP contribution in [-0.2, 0) is 14.4 Å². The third kappa shape index (κ3) is 5.67. The summed E-state index contributed by atoms with van der Waals surface area (Å²) in [4.78, 5) is 39.7. The van der Waals surface area contributed by atoms with Crippen LogP contribution in [0, 0.1) is 11.8 Å². The largest absolute Gasteiger partial charge is 0.480 e. The molecule has 1 saturated heterocycles. The predicted octanol–water partition coefficient (Wildman–Crippen LogP) is 1.47. The molecule has 7 heteroatoms. The molecule has 2 amide bonds. The summed E-state index contributed by atoms with van der Waals surface area (Å²) in [5.41, 5.74) is 0. The summed E-state index contributed by atoms with van der Waals surface area (Å²) in [6.45, 7) is 4.26. The summed E-state index contributed by atoms with van der Waals surface area (Å²) < 4.78 is 0. The molecule has 0 spiro atoms. The van der Waals surface area contributed by atoms with Gasteiger partial charge in [0.1, 0.15) is 0 Å². The molecule has 2 aliphatic carbocycles. The Kier molecular flexibility index (Phi) is 6.73. The number of nitrogens with one attached hydrogen (secondary N) is 1. The molecule has 2 N–H and O–H groups in total. The Bertz CT molecular complexity index is 557. The van der Waals surface area contributed by atoms with Crippen molar-refractivity contribution < 1.29 is 19.5 Å². The lowest BCUT2D eigenvalue weighted by atomic mass is 9.84. The van der Waals surface area contributed by atoms with Crippen LogP contribution in [0.5, 0.6) is 0 Å². The van der Waals surface area contributed by atoms with Gasteiger partial charge in [-0.1, -0.05) is 6.92 Å². The molecule has 27 heavy (non-hydrogen) atoms. The van der Waals surface area contributed by atoms with Crippen LogP contribution in [0.3, 0.4) is 0 Å². The molecular formula is C20H33N3O4. The van der Waals surface area contributed by atoms with Crippen LogP contribution in [0.1, 0.15) is 58.3 Å². The molecule has 0 aromatic rings. The van der Waals surface area contributed by atoms with Crippen molar-refractivity contribution in [3.05, 3.63) is 0 Å². The second kappa shape index (κ2) is 9.04. The van der Waals surface area contributed by atoms with Gasteiger partial charge in [0.15, 0.2) is 0 Å². The number of aliphatic carboxylic acids is 1. The summed E-state index contributed by atoms with van der Waals surface area (Å²) in [5, 5.41) is 12.3. The molecular weight excluding hydrogens is 346 g/mol. The van der Waals surface area contributed by atoms with E-state index in [1.807, 2.05) is 11.8 Å². The first-order chi connectivity index (χ1) is 13.0. The first kappa shape index (κ1) is 20.1. The molecule has 0 radical (unpaired) electrons. The van der Waals surface area contributed by atoms with Crippen molar-refractivity contribution in [2.24, 2.45) is 11.8 Å². The molecule has 1 atom stereocenters. The standard InChI is InChI=1S/C20H33N3O4/c1-2-4-18(24)22-8-3-5-15(12-22)20(27)21-16-9-17(10-16)23(13-19(25)26)11-14-6-7-14/h14-17H,2-13H2,1H3,(H,21,27)(H,25,26). The van der Waals surface area contributed by atoms with Gasteiger partial charge in [-0.15, -0.1) is 0 Å². The topological polar surface area (TPSA) is 90.0 Å². The number of amides is 2. The molecule has 1 aliphatic heterocycles. The Morgan fingerprint density at radius 1 is 1.19 bits per heavy atom. The van der Waals surface area contributed by atoms with E-state index in [4.69, 9.17) is 5.11 Å². The van der Waals surface area contributed by atoms with E-state index in [-0.39, 0.29) is 36.4 Å². The van der Waals surface area contributed by atoms with Gasteiger partial charge < -0.3 is 15.3 Å². The van der Waals surface area contributed by atoms with Crippen molar-refractivity contribution in [1.29, 1.82) is 0 Å². The SMILES string of the molecule is CCCC(=O)N1CCCC(C(=O)NC2CC(N(CC(=O)O)CC3CC3)C2)C1. The summed E-state index contributed by atoms with van der Waals surface area (Å²) in [5.74, 6) is -0.0169. The highest BCUT2D eigenvalue weighted by Crippen LogP contribution is 2.34. The minimum absolute atomic E-state index is 0.0550. The third-order valence-corrected chi connectivity index (χ3v) is 6.11. The van der Waals surface area contributed by atoms with Crippen LogP contribution in [0.25, 0.3) is 0 Å². The number of nitrogens with zero attached hydrogens (tertiary/aromatic N) is 2. The molecule has 3 rings (SSSR count). The maximum absolute atomic E-state index is 12.6. The minimum Gasteiger partial charge on any atom is -0.480 e. The number of rotatable bonds is 9. The van der Waals surface area contributed by atoms with Gasteiger partial charge in [0.25, 0.3) is 0 Å². The second-order valence-corrected chi connectivity index (χ2v) is 8.53. The fraction of sp³-hybridized carbons (Fsp3) is 0.850. The summed E-state index contributed by atoms with van der Waals surface area (Å²) in [6, 6.07) is 0.403. The zero-order valence-corrected chi connectivity index (χ0v) is 16.4. The zero-order chi connectivity index (χ0) is 19.4. The van der Waals surface area contributed by atoms with Crippen LogP contribution in [-0.4, -0.2) is 71.0 Å². The van der Waals surface area contributed by atoms with E-state index in [2.05, 4.69) is 10.2 Å². The van der Waals surface area contributed by atoms with Gasteiger partial charge in [-0.05, 0) is 50.9 Å². The molecule has 3 fully saturated rings. The molecule has 1 unspecified atom stereocenters. The Morgan fingerprint density at radius 2 is 1.93 bits per heavy atom. The lowest BCUT2D eigenvalue weighted by Gasteiger charge is -2.43. The number of carboxylic acid groups (broad SMARTS) is 1. The van der Waals surface area contributed by atoms with Crippen molar-refractivity contribution >= 4 is 17.8 Å². The van der Waals surface area contributed by atoms with Gasteiger partial charge in [-0.25, -0.2) is 0 Å². The highest BCUT2D eigenvalue weighted by Gasteiger charge is 2.39. The van der Waals surface area contributed by atoms with E-state index in [0.29, 0.717) is 18.9 Å². The van der Waals surface area contributed by atoms with Crippen LogP contribution >= 0.6 is 0 Å². The molecule has 2 saturated carbocycles. The normalized spacial score (nSPS) is 27.9. The second-order valence-electron chi connectivity index (χ2n) is 8.53. The molecule has 0 aromatic carbocycles. The maximum Gasteiger partial charge on any atom is 0.317 e. The number of carbonyl (C=O) groups excluding carboxylic acids is 2. The van der Waals surface area contributed by atoms with Crippen molar-refractivity contribution in [2.75, 3.05) is 26.2 Å². The van der Waals surface area contributed by atoms with Gasteiger partial charge in [0, 0.05) is 38.1 Å².